The summed E-state index contributed by atoms with van der Waals surface area (Å²) in [5.74, 6) is 0. The van der Waals surface area contributed by atoms with E-state index >= 15 is 0 Å². The van der Waals surface area contributed by atoms with Gasteiger partial charge in [-0.05, 0) is 109 Å². The normalized spacial score (nSPS) is 11.4. The van der Waals surface area contributed by atoms with Crippen molar-refractivity contribution in [1.29, 1.82) is 0 Å². The molecule has 1 heterocycles. The molecular weight excluding hydrogens is 703 g/mol. The molecule has 0 amide bonds. The van der Waals surface area contributed by atoms with E-state index in [0.717, 1.165) is 61.3 Å². The second-order valence-electron chi connectivity index (χ2n) is 14.8. The maximum absolute atomic E-state index is 6.81. The highest BCUT2D eigenvalue weighted by Crippen LogP contribution is 2.48. The first-order valence-electron chi connectivity index (χ1n) is 19.8. The van der Waals surface area contributed by atoms with Gasteiger partial charge in [0.2, 0.25) is 0 Å². The Labute approximate surface area is 337 Å². The molecule has 0 spiro atoms. The molecule has 11 aromatic rings. The van der Waals surface area contributed by atoms with Gasteiger partial charge in [-0.1, -0.05) is 176 Å². The Bertz CT molecular complexity index is 3290. The van der Waals surface area contributed by atoms with Crippen LogP contribution in [0.3, 0.4) is 0 Å². The molecule has 2 heteroatoms. The molecule has 0 fully saturated rings. The van der Waals surface area contributed by atoms with E-state index in [1.165, 1.54) is 43.8 Å². The van der Waals surface area contributed by atoms with Crippen LogP contribution in [0, 0.1) is 0 Å². The molecule has 0 aliphatic heterocycles. The largest absolute Gasteiger partial charge is 0.455 e. The van der Waals surface area contributed by atoms with Gasteiger partial charge >= 0.3 is 0 Å². The molecule has 1 aromatic heterocycles. The van der Waals surface area contributed by atoms with E-state index < -0.39 is 0 Å². The van der Waals surface area contributed by atoms with Crippen molar-refractivity contribution in [2.75, 3.05) is 4.90 Å². The summed E-state index contributed by atoms with van der Waals surface area (Å²) >= 11 is 0. The average Bonchev–Trinajstić information content (AvgIpc) is 3.70. The fraction of sp³-hybridized carbons (Fsp3) is 0. The number of hydrogen-bond donors (Lipinski definition) is 0. The summed E-state index contributed by atoms with van der Waals surface area (Å²) in [7, 11) is 0. The summed E-state index contributed by atoms with van der Waals surface area (Å²) in [5.41, 5.74) is 14.2. The third kappa shape index (κ3) is 5.74. The van der Waals surface area contributed by atoms with Crippen LogP contribution >= 0.6 is 0 Å². The standard InChI is InChI=1S/C56H37NO/c1-3-17-38(18-4-1)45-26-9-10-27-46(45)40-22-15-24-43(35-40)57(53-34-33-48(39-19-5-2-6-20-39)56-55(53)51-31-13-14-32-54(51)58-56)44-25-16-23-41(36-44)52-37-42-21-7-8-28-47(42)49-29-11-12-30-50(49)52/h1-37H. The molecule has 10 aromatic carbocycles. The molecule has 2 nitrogen and oxygen atoms in total. The molecule has 0 saturated carbocycles. The van der Waals surface area contributed by atoms with Crippen LogP contribution in [0.5, 0.6) is 0 Å². The molecule has 0 radical (unpaired) electrons. The second-order valence-corrected chi connectivity index (χ2v) is 14.8. The number of anilines is 3. The minimum atomic E-state index is 0.865. The van der Waals surface area contributed by atoms with Crippen molar-refractivity contribution in [3.8, 4) is 44.5 Å². The first kappa shape index (κ1) is 33.6. The Balaban J connectivity index is 1.17. The average molecular weight is 740 g/mol. The molecule has 0 saturated heterocycles. The van der Waals surface area contributed by atoms with Crippen molar-refractivity contribution in [3.05, 3.63) is 224 Å². The Hall–Kier alpha value is -7.68. The number of para-hydroxylation sites is 1. The van der Waals surface area contributed by atoms with Gasteiger partial charge in [-0.2, -0.15) is 0 Å². The van der Waals surface area contributed by atoms with Crippen LogP contribution in [0.15, 0.2) is 229 Å². The van der Waals surface area contributed by atoms with Gasteiger partial charge in [0.05, 0.1) is 11.1 Å². The molecule has 0 atom stereocenters. The number of nitrogens with zero attached hydrogens (tertiary/aromatic N) is 1. The second kappa shape index (κ2) is 14.1. The molecule has 0 unspecified atom stereocenters. The molecule has 272 valence electrons. The van der Waals surface area contributed by atoms with Crippen molar-refractivity contribution in [2.45, 2.75) is 0 Å². The zero-order valence-corrected chi connectivity index (χ0v) is 31.7. The quantitative estimate of drug-likeness (QED) is 0.151. The van der Waals surface area contributed by atoms with Gasteiger partial charge in [-0.3, -0.25) is 0 Å². The number of hydrogen-bond acceptors (Lipinski definition) is 2. The summed E-state index contributed by atoms with van der Waals surface area (Å²) < 4.78 is 6.81. The summed E-state index contributed by atoms with van der Waals surface area (Å²) in [4.78, 5) is 2.42. The molecule has 58 heavy (non-hydrogen) atoms. The summed E-state index contributed by atoms with van der Waals surface area (Å²) in [6.45, 7) is 0. The molecule has 11 rings (SSSR count). The Kier molecular flexibility index (Phi) is 8.19. The fourth-order valence-corrected chi connectivity index (χ4v) is 8.79. The summed E-state index contributed by atoms with van der Waals surface area (Å²) in [6, 6.07) is 80.6. The van der Waals surface area contributed by atoms with E-state index in [1.54, 1.807) is 0 Å². The van der Waals surface area contributed by atoms with Gasteiger partial charge in [0.1, 0.15) is 11.2 Å². The van der Waals surface area contributed by atoms with Crippen LogP contribution in [-0.2, 0) is 0 Å². The zero-order valence-electron chi connectivity index (χ0n) is 31.7. The maximum atomic E-state index is 6.81. The number of benzene rings is 10. The van der Waals surface area contributed by atoms with Crippen molar-refractivity contribution in [2.24, 2.45) is 0 Å². The highest BCUT2D eigenvalue weighted by molar-refractivity contribution is 6.18. The molecular formula is C56H37NO. The third-order valence-corrected chi connectivity index (χ3v) is 11.4. The van der Waals surface area contributed by atoms with Crippen molar-refractivity contribution in [3.63, 3.8) is 0 Å². The lowest BCUT2D eigenvalue weighted by molar-refractivity contribution is 0.670. The van der Waals surface area contributed by atoms with E-state index in [-0.39, 0.29) is 0 Å². The SMILES string of the molecule is c1ccc(-c2ccccc2-c2cccc(N(c3cccc(-c4cc5ccccc5c5ccccc45)c3)c3ccc(-c4ccccc4)c4oc5ccccc5c34)c2)cc1. The molecule has 0 aliphatic carbocycles. The molecule has 0 aliphatic rings. The van der Waals surface area contributed by atoms with E-state index in [1.807, 2.05) is 0 Å². The third-order valence-electron chi connectivity index (χ3n) is 11.4. The lowest BCUT2D eigenvalue weighted by atomic mass is 9.92. The Morgan fingerprint density at radius 2 is 0.828 bits per heavy atom. The number of furan rings is 1. The van der Waals surface area contributed by atoms with Crippen LogP contribution < -0.4 is 4.90 Å². The van der Waals surface area contributed by atoms with Crippen LogP contribution in [0.2, 0.25) is 0 Å². The zero-order chi connectivity index (χ0) is 38.4. The minimum Gasteiger partial charge on any atom is -0.455 e. The van der Waals surface area contributed by atoms with Crippen molar-refractivity contribution >= 4 is 60.5 Å². The lowest BCUT2D eigenvalue weighted by Crippen LogP contribution is -2.11. The van der Waals surface area contributed by atoms with Crippen molar-refractivity contribution < 1.29 is 4.42 Å². The predicted molar refractivity (Wildman–Crippen MR) is 245 cm³/mol. The topological polar surface area (TPSA) is 16.4 Å². The fourth-order valence-electron chi connectivity index (χ4n) is 8.79. The van der Waals surface area contributed by atoms with E-state index in [4.69, 9.17) is 4.42 Å². The Morgan fingerprint density at radius 1 is 0.310 bits per heavy atom. The van der Waals surface area contributed by atoms with Gasteiger partial charge in [-0.25, -0.2) is 0 Å². The first-order chi connectivity index (χ1) is 28.8. The van der Waals surface area contributed by atoms with E-state index in [9.17, 15) is 0 Å². The highest BCUT2D eigenvalue weighted by atomic mass is 16.3. The number of fused-ring (bicyclic) bond motifs is 6. The van der Waals surface area contributed by atoms with Crippen molar-refractivity contribution in [1.82, 2.24) is 0 Å². The van der Waals surface area contributed by atoms with Gasteiger partial charge in [0, 0.05) is 22.3 Å². The minimum absolute atomic E-state index is 0.865. The lowest BCUT2D eigenvalue weighted by Gasteiger charge is -2.28. The molecule has 0 bridgehead atoms. The van der Waals surface area contributed by atoms with Gasteiger partial charge < -0.3 is 9.32 Å². The smallest absolute Gasteiger partial charge is 0.145 e. The van der Waals surface area contributed by atoms with Gasteiger partial charge in [0.15, 0.2) is 0 Å². The first-order valence-corrected chi connectivity index (χ1v) is 19.8. The molecule has 0 N–H and O–H groups in total. The predicted octanol–water partition coefficient (Wildman–Crippen LogP) is 16.0. The monoisotopic (exact) mass is 739 g/mol. The van der Waals surface area contributed by atoms with Gasteiger partial charge in [-0.15, -0.1) is 0 Å². The summed E-state index contributed by atoms with van der Waals surface area (Å²) in [5, 5.41) is 7.14. The van der Waals surface area contributed by atoms with E-state index in [0.29, 0.717) is 0 Å². The van der Waals surface area contributed by atoms with Crippen LogP contribution in [0.1, 0.15) is 0 Å². The van der Waals surface area contributed by atoms with Gasteiger partial charge in [0.25, 0.3) is 0 Å². The highest BCUT2D eigenvalue weighted by Gasteiger charge is 2.23. The van der Waals surface area contributed by atoms with E-state index in [2.05, 4.69) is 229 Å². The summed E-state index contributed by atoms with van der Waals surface area (Å²) in [6.07, 6.45) is 0. The van der Waals surface area contributed by atoms with Crippen LogP contribution in [0.4, 0.5) is 17.1 Å². The number of rotatable bonds is 7. The van der Waals surface area contributed by atoms with Crippen LogP contribution in [-0.4, -0.2) is 0 Å². The maximum Gasteiger partial charge on any atom is 0.145 e. The van der Waals surface area contributed by atoms with Crippen LogP contribution in [0.25, 0.3) is 88.0 Å². The Morgan fingerprint density at radius 3 is 1.53 bits per heavy atom.